The first-order valence-electron chi connectivity index (χ1n) is 5.28. The van der Waals surface area contributed by atoms with Gasteiger partial charge < -0.3 is 10.4 Å². The minimum Gasteiger partial charge on any atom is -0.396 e. The van der Waals surface area contributed by atoms with Crippen LogP contribution in [0.3, 0.4) is 0 Å². The summed E-state index contributed by atoms with van der Waals surface area (Å²) in [6, 6.07) is 0. The van der Waals surface area contributed by atoms with Crippen LogP contribution in [0.4, 0.5) is 0 Å². The highest BCUT2D eigenvalue weighted by atomic mass is 16.3. The Kier molecular flexibility index (Phi) is 3.16. The van der Waals surface area contributed by atoms with Crippen molar-refractivity contribution in [3.63, 3.8) is 0 Å². The van der Waals surface area contributed by atoms with E-state index in [-0.39, 0.29) is 6.61 Å². The Hall–Kier alpha value is -0.870. The topological polar surface area (TPSA) is 60.9 Å². The maximum atomic E-state index is 8.62. The number of aliphatic hydroxyl groups is 1. The van der Waals surface area contributed by atoms with Crippen molar-refractivity contribution in [3.8, 4) is 0 Å². The summed E-state index contributed by atoms with van der Waals surface area (Å²) in [6.07, 6.45) is 4.39. The smallest absolute Gasteiger partial charge is 0.0794 e. The van der Waals surface area contributed by atoms with Gasteiger partial charge in [0.05, 0.1) is 5.69 Å². The molecule has 0 aliphatic heterocycles. The Morgan fingerprint density at radius 3 is 3.21 bits per heavy atom. The second kappa shape index (κ2) is 4.57. The van der Waals surface area contributed by atoms with E-state index in [2.05, 4.69) is 15.5 Å². The molecule has 4 heteroatoms. The lowest BCUT2D eigenvalue weighted by Gasteiger charge is -2.01. The lowest BCUT2D eigenvalue weighted by atomic mass is 10.2. The van der Waals surface area contributed by atoms with E-state index in [1.54, 1.807) is 0 Å². The van der Waals surface area contributed by atoms with Crippen molar-refractivity contribution < 1.29 is 5.11 Å². The number of aryl methyl sites for hydroxylation is 1. The largest absolute Gasteiger partial charge is 0.396 e. The Morgan fingerprint density at radius 1 is 1.43 bits per heavy atom. The summed E-state index contributed by atoms with van der Waals surface area (Å²) in [5.41, 5.74) is 3.90. The average Bonchev–Trinajstić information content (AvgIpc) is 2.75. The molecule has 0 radical (unpaired) electrons. The van der Waals surface area contributed by atoms with Crippen LogP contribution in [0.15, 0.2) is 0 Å². The first-order valence-corrected chi connectivity index (χ1v) is 5.28. The van der Waals surface area contributed by atoms with Gasteiger partial charge in [0.1, 0.15) is 0 Å². The van der Waals surface area contributed by atoms with Crippen molar-refractivity contribution in [2.75, 3.05) is 13.2 Å². The molecule has 1 heterocycles. The quantitative estimate of drug-likeness (QED) is 0.595. The number of aromatic amines is 1. The van der Waals surface area contributed by atoms with Crippen molar-refractivity contribution in [3.05, 3.63) is 17.0 Å². The van der Waals surface area contributed by atoms with Gasteiger partial charge in [0.15, 0.2) is 0 Å². The number of aromatic nitrogens is 2. The van der Waals surface area contributed by atoms with Gasteiger partial charge in [-0.1, -0.05) is 0 Å². The zero-order valence-electron chi connectivity index (χ0n) is 8.34. The predicted octanol–water partition coefficient (Wildman–Crippen LogP) is 0.370. The van der Waals surface area contributed by atoms with E-state index >= 15 is 0 Å². The highest BCUT2D eigenvalue weighted by Gasteiger charge is 2.17. The van der Waals surface area contributed by atoms with Crippen LogP contribution in [-0.2, 0) is 19.4 Å². The number of hydrogen-bond donors (Lipinski definition) is 3. The number of fused-ring (bicyclic) bond motifs is 1. The number of rotatable bonds is 5. The maximum absolute atomic E-state index is 8.62. The van der Waals surface area contributed by atoms with E-state index in [0.717, 1.165) is 31.6 Å². The Labute approximate surface area is 83.7 Å². The molecule has 0 spiro atoms. The molecule has 0 bridgehead atoms. The molecule has 2 rings (SSSR count). The van der Waals surface area contributed by atoms with E-state index in [1.165, 1.54) is 24.1 Å². The van der Waals surface area contributed by atoms with Gasteiger partial charge in [-0.15, -0.1) is 0 Å². The zero-order chi connectivity index (χ0) is 9.80. The van der Waals surface area contributed by atoms with Gasteiger partial charge in [-0.3, -0.25) is 5.10 Å². The van der Waals surface area contributed by atoms with Crippen LogP contribution in [0.5, 0.6) is 0 Å². The highest BCUT2D eigenvalue weighted by molar-refractivity contribution is 5.29. The van der Waals surface area contributed by atoms with Crippen molar-refractivity contribution in [1.82, 2.24) is 15.5 Å². The third-order valence-electron chi connectivity index (χ3n) is 2.70. The van der Waals surface area contributed by atoms with E-state index < -0.39 is 0 Å². The fourth-order valence-corrected chi connectivity index (χ4v) is 1.95. The van der Waals surface area contributed by atoms with Crippen LogP contribution in [-0.4, -0.2) is 28.5 Å². The predicted molar refractivity (Wildman–Crippen MR) is 54.0 cm³/mol. The second-order valence-corrected chi connectivity index (χ2v) is 3.73. The summed E-state index contributed by atoms with van der Waals surface area (Å²) in [4.78, 5) is 0. The van der Waals surface area contributed by atoms with Crippen LogP contribution in [0.2, 0.25) is 0 Å². The molecule has 0 saturated carbocycles. The fourth-order valence-electron chi connectivity index (χ4n) is 1.95. The molecule has 0 fully saturated rings. The summed E-state index contributed by atoms with van der Waals surface area (Å²) in [7, 11) is 0. The summed E-state index contributed by atoms with van der Waals surface area (Å²) in [6.45, 7) is 1.94. The lowest BCUT2D eigenvalue weighted by Crippen LogP contribution is -2.16. The third kappa shape index (κ3) is 1.96. The minimum absolute atomic E-state index is 0.256. The average molecular weight is 195 g/mol. The number of aliphatic hydroxyl groups excluding tert-OH is 1. The first kappa shape index (κ1) is 9.68. The van der Waals surface area contributed by atoms with Gasteiger partial charge in [-0.25, -0.2) is 0 Å². The monoisotopic (exact) mass is 195 g/mol. The molecule has 1 aromatic rings. The minimum atomic E-state index is 0.256. The maximum Gasteiger partial charge on any atom is 0.0794 e. The van der Waals surface area contributed by atoms with E-state index in [9.17, 15) is 0 Å². The molecule has 1 aromatic heterocycles. The van der Waals surface area contributed by atoms with E-state index in [1.807, 2.05) is 0 Å². The molecule has 0 atom stereocenters. The van der Waals surface area contributed by atoms with Crippen LogP contribution in [0.1, 0.15) is 29.8 Å². The summed E-state index contributed by atoms with van der Waals surface area (Å²) in [5, 5.41) is 19.3. The van der Waals surface area contributed by atoms with E-state index in [4.69, 9.17) is 5.11 Å². The molecule has 4 nitrogen and oxygen atoms in total. The third-order valence-corrected chi connectivity index (χ3v) is 2.70. The number of H-pyrrole nitrogens is 1. The standard InChI is InChI=1S/C10H17N3O/c14-6-2-5-11-7-10-8-3-1-4-9(8)12-13-10/h11,14H,1-7H2,(H,12,13). The van der Waals surface area contributed by atoms with Crippen LogP contribution in [0, 0.1) is 0 Å². The molecular weight excluding hydrogens is 178 g/mol. The molecule has 0 amide bonds. The molecule has 1 aliphatic carbocycles. The molecule has 0 aromatic carbocycles. The first-order chi connectivity index (χ1) is 6.92. The van der Waals surface area contributed by atoms with Crippen molar-refractivity contribution in [1.29, 1.82) is 0 Å². The summed E-state index contributed by atoms with van der Waals surface area (Å²) < 4.78 is 0. The van der Waals surface area contributed by atoms with Gasteiger partial charge in [0.25, 0.3) is 0 Å². The van der Waals surface area contributed by atoms with Crippen molar-refractivity contribution in [2.24, 2.45) is 0 Å². The van der Waals surface area contributed by atoms with Crippen LogP contribution < -0.4 is 5.32 Å². The SMILES string of the molecule is OCCCNCc1n[nH]c2c1CCC2. The Morgan fingerprint density at radius 2 is 2.36 bits per heavy atom. The second-order valence-electron chi connectivity index (χ2n) is 3.73. The van der Waals surface area contributed by atoms with Crippen LogP contribution >= 0.6 is 0 Å². The zero-order valence-corrected chi connectivity index (χ0v) is 8.34. The van der Waals surface area contributed by atoms with Gasteiger partial charge in [0.2, 0.25) is 0 Å². The number of hydrogen-bond acceptors (Lipinski definition) is 3. The van der Waals surface area contributed by atoms with Crippen LogP contribution in [0.25, 0.3) is 0 Å². The fraction of sp³-hybridized carbons (Fsp3) is 0.700. The van der Waals surface area contributed by atoms with Gasteiger partial charge in [-0.2, -0.15) is 5.10 Å². The lowest BCUT2D eigenvalue weighted by molar-refractivity contribution is 0.286. The molecule has 78 valence electrons. The molecule has 3 N–H and O–H groups in total. The molecule has 14 heavy (non-hydrogen) atoms. The van der Waals surface area contributed by atoms with Crippen molar-refractivity contribution in [2.45, 2.75) is 32.2 Å². The van der Waals surface area contributed by atoms with Gasteiger partial charge >= 0.3 is 0 Å². The molecule has 1 aliphatic rings. The van der Waals surface area contributed by atoms with Gasteiger partial charge in [0, 0.05) is 18.8 Å². The van der Waals surface area contributed by atoms with Crippen molar-refractivity contribution >= 4 is 0 Å². The number of nitrogens with zero attached hydrogens (tertiary/aromatic N) is 1. The normalized spacial score (nSPS) is 14.6. The molecular formula is C10H17N3O. The van der Waals surface area contributed by atoms with Gasteiger partial charge in [-0.05, 0) is 37.8 Å². The Balaban J connectivity index is 1.84. The number of nitrogens with one attached hydrogen (secondary N) is 2. The Bertz CT molecular complexity index is 296. The molecule has 0 saturated heterocycles. The van der Waals surface area contributed by atoms with E-state index in [0.29, 0.717) is 0 Å². The summed E-state index contributed by atoms with van der Waals surface area (Å²) in [5.74, 6) is 0. The molecule has 0 unspecified atom stereocenters. The highest BCUT2D eigenvalue weighted by Crippen LogP contribution is 2.22. The summed E-state index contributed by atoms with van der Waals surface area (Å²) >= 11 is 0.